The average Bonchev–Trinajstić information content (AvgIpc) is 2.61. The number of aromatic nitrogens is 2. The number of aryl methyl sites for hydroxylation is 1. The second-order valence-electron chi connectivity index (χ2n) is 5.34. The molecular weight excluding hydrogens is 300 g/mol. The maximum atomic E-state index is 4.28. The summed E-state index contributed by atoms with van der Waals surface area (Å²) in [6.07, 6.45) is 3.17. The minimum atomic E-state index is 0.667. The van der Waals surface area contributed by atoms with E-state index in [2.05, 4.69) is 31.0 Å². The first kappa shape index (κ1) is 15.6. The number of hydrogen-bond donors (Lipinski definition) is 2. The van der Waals surface area contributed by atoms with Crippen molar-refractivity contribution in [3.8, 4) is 0 Å². The van der Waals surface area contributed by atoms with Gasteiger partial charge in [-0.3, -0.25) is 10.9 Å². The van der Waals surface area contributed by atoms with Gasteiger partial charge in [-0.05, 0) is 38.1 Å². The maximum Gasteiger partial charge on any atom is 0.157 e. The number of hydrogen-bond acceptors (Lipinski definition) is 6. The molecule has 1 heterocycles. The molecule has 2 N–H and O–H groups in total. The molecule has 2 aromatic carbocycles. The van der Waals surface area contributed by atoms with Crippen LogP contribution >= 0.6 is 0 Å². The zero-order chi connectivity index (χ0) is 16.8. The third kappa shape index (κ3) is 3.92. The lowest BCUT2D eigenvalue weighted by Gasteiger charge is -2.04. The van der Waals surface area contributed by atoms with Gasteiger partial charge >= 0.3 is 0 Å². The number of nitrogens with zero attached hydrogens (tertiary/aromatic N) is 4. The second kappa shape index (κ2) is 7.32. The smallest absolute Gasteiger partial charge is 0.157 e. The topological polar surface area (TPSA) is 74.6 Å². The molecule has 0 fully saturated rings. The number of hydrazone groups is 2. The van der Waals surface area contributed by atoms with Gasteiger partial charge in [0.2, 0.25) is 0 Å². The Morgan fingerprint density at radius 3 is 2.62 bits per heavy atom. The fourth-order valence-corrected chi connectivity index (χ4v) is 2.09. The zero-order valence-electron chi connectivity index (χ0n) is 13.6. The van der Waals surface area contributed by atoms with E-state index in [1.165, 1.54) is 11.9 Å². The summed E-state index contributed by atoms with van der Waals surface area (Å²) in [6, 6.07) is 15.8. The molecule has 0 aliphatic carbocycles. The molecule has 0 aliphatic rings. The molecule has 0 saturated carbocycles. The molecule has 0 amide bonds. The fourth-order valence-electron chi connectivity index (χ4n) is 2.09. The van der Waals surface area contributed by atoms with Crippen molar-refractivity contribution < 1.29 is 0 Å². The number of para-hydroxylation sites is 1. The summed E-state index contributed by atoms with van der Waals surface area (Å²) in [4.78, 5) is 8.45. The molecule has 0 bridgehead atoms. The van der Waals surface area contributed by atoms with Gasteiger partial charge in [0.15, 0.2) is 5.82 Å². The Labute approximate surface area is 140 Å². The van der Waals surface area contributed by atoms with Gasteiger partial charge < -0.3 is 0 Å². The molecule has 0 atom stereocenters. The van der Waals surface area contributed by atoms with Gasteiger partial charge in [0, 0.05) is 5.39 Å². The van der Waals surface area contributed by atoms with Gasteiger partial charge in [-0.25, -0.2) is 9.97 Å². The van der Waals surface area contributed by atoms with Crippen molar-refractivity contribution in [1.82, 2.24) is 9.97 Å². The van der Waals surface area contributed by atoms with Crippen molar-refractivity contribution in [2.75, 3.05) is 10.9 Å². The number of nitrogens with one attached hydrogen (secondary N) is 2. The summed E-state index contributed by atoms with van der Waals surface area (Å²) in [6.45, 7) is 3.91. The van der Waals surface area contributed by atoms with E-state index in [0.717, 1.165) is 22.3 Å². The van der Waals surface area contributed by atoms with Gasteiger partial charge in [-0.2, -0.15) is 10.2 Å². The predicted octanol–water partition coefficient (Wildman–Crippen LogP) is 3.82. The van der Waals surface area contributed by atoms with Crippen LogP contribution in [0.5, 0.6) is 0 Å². The lowest BCUT2D eigenvalue weighted by atomic mass is 10.2. The van der Waals surface area contributed by atoms with E-state index in [1.54, 1.807) is 6.21 Å². The number of rotatable bonds is 5. The maximum absolute atomic E-state index is 4.28. The highest BCUT2D eigenvalue weighted by molar-refractivity contribution is 6.29. The third-order valence-corrected chi connectivity index (χ3v) is 3.38. The first-order valence-corrected chi connectivity index (χ1v) is 7.58. The molecule has 120 valence electrons. The van der Waals surface area contributed by atoms with Crippen molar-refractivity contribution in [3.63, 3.8) is 0 Å². The molecule has 0 spiro atoms. The van der Waals surface area contributed by atoms with Crippen LogP contribution in [-0.2, 0) is 0 Å². The summed E-state index contributed by atoms with van der Waals surface area (Å²) >= 11 is 0. The van der Waals surface area contributed by atoms with E-state index in [9.17, 15) is 0 Å². The second-order valence-corrected chi connectivity index (χ2v) is 5.34. The quantitative estimate of drug-likeness (QED) is 0.554. The lowest BCUT2D eigenvalue weighted by molar-refractivity contribution is 1.18. The zero-order valence-corrected chi connectivity index (χ0v) is 13.6. The highest BCUT2D eigenvalue weighted by Gasteiger charge is 2.01. The van der Waals surface area contributed by atoms with Crippen LogP contribution in [-0.4, -0.2) is 21.9 Å². The van der Waals surface area contributed by atoms with Crippen LogP contribution in [0.3, 0.4) is 0 Å². The third-order valence-electron chi connectivity index (χ3n) is 3.38. The molecule has 0 saturated heterocycles. The average molecular weight is 318 g/mol. The summed E-state index contributed by atoms with van der Waals surface area (Å²) in [5, 5.41) is 9.37. The van der Waals surface area contributed by atoms with Crippen LogP contribution in [0, 0.1) is 6.92 Å². The highest BCUT2D eigenvalue weighted by Crippen LogP contribution is 2.18. The molecular formula is C18H18N6. The molecule has 0 aliphatic heterocycles. The Balaban J connectivity index is 1.65. The number of fused-ring (bicyclic) bond motifs is 1. The monoisotopic (exact) mass is 318 g/mol. The first-order chi connectivity index (χ1) is 11.7. The van der Waals surface area contributed by atoms with Crippen molar-refractivity contribution in [2.24, 2.45) is 10.2 Å². The minimum absolute atomic E-state index is 0.667. The van der Waals surface area contributed by atoms with Gasteiger partial charge in [0.05, 0.1) is 23.1 Å². The lowest BCUT2D eigenvalue weighted by Crippen LogP contribution is -2.02. The Morgan fingerprint density at radius 1 is 1.00 bits per heavy atom. The van der Waals surface area contributed by atoms with Crippen molar-refractivity contribution in [1.29, 1.82) is 0 Å². The summed E-state index contributed by atoms with van der Waals surface area (Å²) in [7, 11) is 0. The van der Waals surface area contributed by atoms with Crippen LogP contribution in [0.15, 0.2) is 65.1 Å². The Bertz CT molecular complexity index is 878. The Kier molecular flexibility index (Phi) is 4.76. The molecule has 1 aromatic heterocycles. The molecule has 6 nitrogen and oxygen atoms in total. The largest absolute Gasteiger partial charge is 0.278 e. The van der Waals surface area contributed by atoms with Crippen LogP contribution in [0.25, 0.3) is 10.9 Å². The molecule has 6 heteroatoms. The van der Waals surface area contributed by atoms with E-state index < -0.39 is 0 Å². The van der Waals surface area contributed by atoms with Gasteiger partial charge in [-0.1, -0.05) is 29.8 Å². The molecule has 3 rings (SSSR count). The first-order valence-electron chi connectivity index (χ1n) is 7.58. The summed E-state index contributed by atoms with van der Waals surface area (Å²) in [5.41, 5.74) is 9.66. The van der Waals surface area contributed by atoms with Crippen molar-refractivity contribution >= 4 is 34.3 Å². The summed E-state index contributed by atoms with van der Waals surface area (Å²) in [5.74, 6) is 0.667. The van der Waals surface area contributed by atoms with Crippen molar-refractivity contribution in [2.45, 2.75) is 13.8 Å². The van der Waals surface area contributed by atoms with E-state index in [0.29, 0.717) is 5.82 Å². The minimum Gasteiger partial charge on any atom is -0.278 e. The molecule has 0 radical (unpaired) electrons. The fraction of sp³-hybridized carbons (Fsp3) is 0.111. The number of benzene rings is 2. The molecule has 3 aromatic rings. The predicted molar refractivity (Wildman–Crippen MR) is 99.6 cm³/mol. The Morgan fingerprint density at radius 2 is 1.79 bits per heavy atom. The van der Waals surface area contributed by atoms with Crippen LogP contribution in [0.1, 0.15) is 12.5 Å². The Hall–Kier alpha value is -3.28. The number of anilines is 2. The standard InChI is InChI=1S/C18H18N6/c1-13-7-9-15(10-8-13)23-21-11-14(2)22-24-18-16-5-3-4-6-17(16)19-12-20-18/h3-12,23H,1-2H3,(H,19,20,24)/b21-11+,22-14+. The van der Waals surface area contributed by atoms with Gasteiger partial charge in [0.1, 0.15) is 6.33 Å². The molecule has 24 heavy (non-hydrogen) atoms. The van der Waals surface area contributed by atoms with Gasteiger partial charge in [0.25, 0.3) is 0 Å². The van der Waals surface area contributed by atoms with Crippen LogP contribution < -0.4 is 10.9 Å². The van der Waals surface area contributed by atoms with E-state index in [4.69, 9.17) is 0 Å². The van der Waals surface area contributed by atoms with Crippen molar-refractivity contribution in [3.05, 3.63) is 60.4 Å². The van der Waals surface area contributed by atoms with Crippen LogP contribution in [0.4, 0.5) is 11.5 Å². The summed E-state index contributed by atoms with van der Waals surface area (Å²) < 4.78 is 0. The van der Waals surface area contributed by atoms with Gasteiger partial charge in [-0.15, -0.1) is 0 Å². The SMILES string of the molecule is CC(/C=N/Nc1ccc(C)cc1)=N\Nc1ncnc2ccccc12. The highest BCUT2D eigenvalue weighted by atomic mass is 15.3. The van der Waals surface area contributed by atoms with E-state index >= 15 is 0 Å². The van der Waals surface area contributed by atoms with E-state index in [1.807, 2.05) is 62.4 Å². The van der Waals surface area contributed by atoms with Crippen LogP contribution in [0.2, 0.25) is 0 Å². The van der Waals surface area contributed by atoms with E-state index in [-0.39, 0.29) is 0 Å². The molecule has 0 unspecified atom stereocenters. The normalized spacial score (nSPS) is 11.8.